The van der Waals surface area contributed by atoms with Gasteiger partial charge in [-0.1, -0.05) is 11.2 Å². The van der Waals surface area contributed by atoms with Crippen LogP contribution in [0.2, 0.25) is 0 Å². The van der Waals surface area contributed by atoms with Crippen molar-refractivity contribution in [1.29, 1.82) is 0 Å². The van der Waals surface area contributed by atoms with E-state index in [-0.39, 0.29) is 4.90 Å². The van der Waals surface area contributed by atoms with Gasteiger partial charge in [-0.05, 0) is 36.8 Å². The molecule has 0 amide bonds. The molecular formula is C16H13FN2O3S. The maximum Gasteiger partial charge on any atom is 0.178 e. The zero-order valence-corrected chi connectivity index (χ0v) is 13.3. The van der Waals surface area contributed by atoms with E-state index in [1.54, 1.807) is 31.5 Å². The van der Waals surface area contributed by atoms with Crippen LogP contribution in [-0.2, 0) is 9.84 Å². The molecule has 118 valence electrons. The number of hydrogen-bond donors (Lipinski definition) is 0. The molecule has 0 spiro atoms. The molecule has 0 saturated heterocycles. The molecule has 0 aliphatic carbocycles. The lowest BCUT2D eigenvalue weighted by molar-refractivity contribution is 0.400. The zero-order chi connectivity index (χ0) is 16.6. The summed E-state index contributed by atoms with van der Waals surface area (Å²) in [7, 11) is -3.62. The van der Waals surface area contributed by atoms with Crippen molar-refractivity contribution in [3.05, 3.63) is 54.3 Å². The molecule has 1 aromatic carbocycles. The summed E-state index contributed by atoms with van der Waals surface area (Å²) in [6.07, 6.45) is 4.23. The fourth-order valence-electron chi connectivity index (χ4n) is 2.37. The van der Waals surface area contributed by atoms with Crippen molar-refractivity contribution in [2.24, 2.45) is 0 Å². The normalized spacial score (nSPS) is 11.6. The minimum absolute atomic E-state index is 0.335. The van der Waals surface area contributed by atoms with Gasteiger partial charge in [0.25, 0.3) is 0 Å². The Kier molecular flexibility index (Phi) is 3.73. The maximum atomic E-state index is 14.2. The van der Waals surface area contributed by atoms with Crippen molar-refractivity contribution in [1.82, 2.24) is 10.1 Å². The second kappa shape index (κ2) is 5.58. The third-order valence-electron chi connectivity index (χ3n) is 3.42. The predicted octanol–water partition coefficient (Wildman–Crippen LogP) is 3.25. The van der Waals surface area contributed by atoms with E-state index < -0.39 is 15.7 Å². The predicted molar refractivity (Wildman–Crippen MR) is 83.0 cm³/mol. The lowest BCUT2D eigenvalue weighted by Gasteiger charge is -2.06. The summed E-state index contributed by atoms with van der Waals surface area (Å²) >= 11 is 0. The van der Waals surface area contributed by atoms with Gasteiger partial charge in [0, 0.05) is 24.2 Å². The van der Waals surface area contributed by atoms with Crippen LogP contribution in [-0.4, -0.2) is 24.8 Å². The monoisotopic (exact) mass is 332 g/mol. The Hall–Kier alpha value is -2.54. The molecule has 0 aliphatic heterocycles. The van der Waals surface area contributed by atoms with Gasteiger partial charge in [-0.2, -0.15) is 0 Å². The van der Waals surface area contributed by atoms with Crippen LogP contribution >= 0.6 is 0 Å². The molecule has 0 radical (unpaired) electrons. The first kappa shape index (κ1) is 15.4. The molecule has 2 heterocycles. The van der Waals surface area contributed by atoms with Crippen LogP contribution in [0, 0.1) is 12.7 Å². The van der Waals surface area contributed by atoms with Crippen LogP contribution in [0.15, 0.2) is 52.1 Å². The highest BCUT2D eigenvalue weighted by Gasteiger charge is 2.20. The number of pyridine rings is 1. The maximum absolute atomic E-state index is 14.2. The van der Waals surface area contributed by atoms with E-state index in [2.05, 4.69) is 10.1 Å². The first-order valence-corrected chi connectivity index (χ1v) is 8.63. The molecule has 0 atom stereocenters. The molecule has 5 nitrogen and oxygen atoms in total. The second-order valence-electron chi connectivity index (χ2n) is 5.12. The van der Waals surface area contributed by atoms with Crippen molar-refractivity contribution in [2.45, 2.75) is 11.8 Å². The van der Waals surface area contributed by atoms with Gasteiger partial charge in [-0.25, -0.2) is 12.8 Å². The van der Waals surface area contributed by atoms with E-state index in [4.69, 9.17) is 4.52 Å². The third-order valence-corrected chi connectivity index (χ3v) is 4.55. The van der Waals surface area contributed by atoms with Crippen LogP contribution in [0.4, 0.5) is 4.39 Å². The van der Waals surface area contributed by atoms with Crippen molar-refractivity contribution in [3.8, 4) is 22.4 Å². The topological polar surface area (TPSA) is 73.1 Å². The van der Waals surface area contributed by atoms with E-state index in [0.717, 1.165) is 11.8 Å². The Morgan fingerprint density at radius 3 is 2.57 bits per heavy atom. The molecule has 0 aliphatic rings. The summed E-state index contributed by atoms with van der Waals surface area (Å²) in [5, 5.41) is 4.01. The smallest absolute Gasteiger partial charge is 0.178 e. The fraction of sp³-hybridized carbons (Fsp3) is 0.125. The number of rotatable bonds is 3. The van der Waals surface area contributed by atoms with Crippen LogP contribution in [0.5, 0.6) is 0 Å². The number of aromatic nitrogens is 2. The second-order valence-corrected chi connectivity index (χ2v) is 7.11. The Labute approximate surface area is 132 Å². The van der Waals surface area contributed by atoms with Gasteiger partial charge in [0.2, 0.25) is 0 Å². The number of aryl methyl sites for hydroxylation is 1. The van der Waals surface area contributed by atoms with E-state index in [1.165, 1.54) is 12.1 Å². The average Bonchev–Trinajstić information content (AvgIpc) is 2.88. The first-order chi connectivity index (χ1) is 10.9. The Morgan fingerprint density at radius 1 is 1.17 bits per heavy atom. The highest BCUT2D eigenvalue weighted by molar-refractivity contribution is 7.90. The number of benzene rings is 1. The van der Waals surface area contributed by atoms with Crippen molar-refractivity contribution >= 4 is 9.84 Å². The summed E-state index contributed by atoms with van der Waals surface area (Å²) in [6, 6.07) is 7.54. The van der Waals surface area contributed by atoms with Crippen LogP contribution in [0.25, 0.3) is 22.4 Å². The van der Waals surface area contributed by atoms with Gasteiger partial charge < -0.3 is 4.52 Å². The zero-order valence-electron chi connectivity index (χ0n) is 12.4. The molecule has 0 bridgehead atoms. The van der Waals surface area contributed by atoms with Gasteiger partial charge >= 0.3 is 0 Å². The molecule has 0 N–H and O–H groups in total. The number of nitrogens with zero attached hydrogens (tertiary/aromatic N) is 2. The van der Waals surface area contributed by atoms with Crippen molar-refractivity contribution in [3.63, 3.8) is 0 Å². The van der Waals surface area contributed by atoms with Crippen LogP contribution in [0.3, 0.4) is 0 Å². The van der Waals surface area contributed by atoms with Gasteiger partial charge in [0.05, 0.1) is 5.56 Å². The Balaban J connectivity index is 2.17. The van der Waals surface area contributed by atoms with Gasteiger partial charge in [0.1, 0.15) is 22.2 Å². The third kappa shape index (κ3) is 2.87. The molecule has 7 heteroatoms. The Bertz CT molecular complexity index is 966. The van der Waals surface area contributed by atoms with E-state index in [1.807, 2.05) is 6.07 Å². The van der Waals surface area contributed by atoms with Crippen molar-refractivity contribution < 1.29 is 17.3 Å². The van der Waals surface area contributed by atoms with Gasteiger partial charge in [0.15, 0.2) is 9.84 Å². The average molecular weight is 332 g/mol. The number of sulfone groups is 1. The number of hydrogen-bond acceptors (Lipinski definition) is 5. The molecule has 3 rings (SSSR count). The first-order valence-electron chi connectivity index (χ1n) is 6.74. The lowest BCUT2D eigenvalue weighted by Crippen LogP contribution is -2.00. The quantitative estimate of drug-likeness (QED) is 0.736. The van der Waals surface area contributed by atoms with E-state index in [9.17, 15) is 12.8 Å². The lowest BCUT2D eigenvalue weighted by atomic mass is 10.0. The molecule has 0 unspecified atom stereocenters. The molecule has 0 fully saturated rings. The summed E-state index contributed by atoms with van der Waals surface area (Å²) in [4.78, 5) is 3.70. The molecule has 0 saturated carbocycles. The van der Waals surface area contributed by atoms with Crippen molar-refractivity contribution in [2.75, 3.05) is 6.26 Å². The fourth-order valence-corrected chi connectivity index (χ4v) is 3.10. The van der Waals surface area contributed by atoms with Crippen LogP contribution < -0.4 is 0 Å². The van der Waals surface area contributed by atoms with Gasteiger partial charge in [-0.3, -0.25) is 4.98 Å². The molecule has 23 heavy (non-hydrogen) atoms. The molecule has 3 aromatic rings. The standard InChI is InChI=1S/C16H13FN2O3S/c1-10-15(16(19-22-10)12-4-3-7-18-9-12)11-5-6-14(13(17)8-11)23(2,20)21/h3-9H,1-2H3. The summed E-state index contributed by atoms with van der Waals surface area (Å²) in [5.74, 6) is -0.293. The highest BCUT2D eigenvalue weighted by Crippen LogP contribution is 2.35. The molecule has 2 aromatic heterocycles. The highest BCUT2D eigenvalue weighted by atomic mass is 32.2. The largest absolute Gasteiger partial charge is 0.360 e. The number of halogens is 1. The minimum atomic E-state index is -3.62. The summed E-state index contributed by atoms with van der Waals surface area (Å²) < 4.78 is 42.4. The minimum Gasteiger partial charge on any atom is -0.360 e. The molecular weight excluding hydrogens is 319 g/mol. The SMILES string of the molecule is Cc1onc(-c2cccnc2)c1-c1ccc(S(C)(=O)=O)c(F)c1. The van der Waals surface area contributed by atoms with Gasteiger partial charge in [-0.15, -0.1) is 0 Å². The Morgan fingerprint density at radius 2 is 1.96 bits per heavy atom. The summed E-state index contributed by atoms with van der Waals surface area (Å²) in [5.41, 5.74) is 2.36. The van der Waals surface area contributed by atoms with E-state index in [0.29, 0.717) is 22.6 Å². The summed E-state index contributed by atoms with van der Waals surface area (Å²) in [6.45, 7) is 1.71. The van der Waals surface area contributed by atoms with Crippen LogP contribution in [0.1, 0.15) is 5.76 Å². The van der Waals surface area contributed by atoms with E-state index >= 15 is 0 Å².